The minimum Gasteiger partial charge on any atom is -0.469 e. The molecule has 30 heavy (non-hydrogen) atoms. The summed E-state index contributed by atoms with van der Waals surface area (Å²) in [6.45, 7) is 13.3. The molecule has 0 spiro atoms. The molecule has 174 valence electrons. The quantitative estimate of drug-likeness (QED) is 0.141. The van der Waals surface area contributed by atoms with Gasteiger partial charge >= 0.3 is 11.9 Å². The van der Waals surface area contributed by atoms with Gasteiger partial charge in [0.15, 0.2) is 0 Å². The number of unbranched alkanes of at least 4 members (excludes halogenated alkanes) is 5. The van der Waals surface area contributed by atoms with Gasteiger partial charge in [0, 0.05) is 6.92 Å². The van der Waals surface area contributed by atoms with E-state index in [1.165, 1.54) is 58.1 Å². The number of ether oxygens (including phenoxy) is 3. The highest BCUT2D eigenvalue weighted by Gasteiger charge is 2.39. The molecular weight excluding hydrogens is 380 g/mol. The van der Waals surface area contributed by atoms with Crippen LogP contribution in [-0.2, 0) is 23.8 Å². The summed E-state index contributed by atoms with van der Waals surface area (Å²) in [7, 11) is 1.42. The highest BCUT2D eigenvalue weighted by atomic mass is 16.6. The third kappa shape index (κ3) is 15.3. The Morgan fingerprint density at radius 3 is 2.23 bits per heavy atom. The van der Waals surface area contributed by atoms with E-state index in [4.69, 9.17) is 9.47 Å². The lowest BCUT2D eigenvalue weighted by Crippen LogP contribution is -2.27. The topological polar surface area (TPSA) is 65.1 Å². The fourth-order valence-electron chi connectivity index (χ4n) is 3.16. The summed E-state index contributed by atoms with van der Waals surface area (Å²) in [6, 6.07) is 0. The normalized spacial score (nSPS) is 18.9. The third-order valence-electron chi connectivity index (χ3n) is 5.13. The van der Waals surface area contributed by atoms with Crippen LogP contribution in [-0.4, -0.2) is 36.9 Å². The van der Waals surface area contributed by atoms with E-state index in [1.54, 1.807) is 6.08 Å². The van der Waals surface area contributed by atoms with Crippen LogP contribution in [0.15, 0.2) is 24.3 Å². The van der Waals surface area contributed by atoms with Crippen LogP contribution < -0.4 is 0 Å². The zero-order valence-corrected chi connectivity index (χ0v) is 20.1. The number of hydrogen-bond donors (Lipinski definition) is 0. The number of epoxide rings is 1. The van der Waals surface area contributed by atoms with E-state index in [2.05, 4.69) is 38.2 Å². The van der Waals surface area contributed by atoms with E-state index in [9.17, 15) is 9.59 Å². The predicted octanol–water partition coefficient (Wildman–Crippen LogP) is 6.31. The highest BCUT2D eigenvalue weighted by Crippen LogP contribution is 2.30. The van der Waals surface area contributed by atoms with Crippen LogP contribution in [0.3, 0.4) is 0 Å². The molecule has 5 nitrogen and oxygen atoms in total. The van der Waals surface area contributed by atoms with Gasteiger partial charge in [0.2, 0.25) is 0 Å². The number of methoxy groups -OCH3 is 1. The molecule has 0 N–H and O–H groups in total. The summed E-state index contributed by atoms with van der Waals surface area (Å²) >= 11 is 0. The van der Waals surface area contributed by atoms with Crippen LogP contribution in [0.25, 0.3) is 0 Å². The van der Waals surface area contributed by atoms with Crippen LogP contribution >= 0.6 is 0 Å². The maximum absolute atomic E-state index is 11.0. The maximum atomic E-state index is 11.0. The Morgan fingerprint density at radius 1 is 1.07 bits per heavy atom. The van der Waals surface area contributed by atoms with Crippen molar-refractivity contribution in [3.8, 4) is 0 Å². The first-order valence-corrected chi connectivity index (χ1v) is 11.4. The molecule has 1 fully saturated rings. The fraction of sp³-hybridized carbons (Fsp3) is 0.760. The van der Waals surface area contributed by atoms with Crippen LogP contribution in [0.4, 0.5) is 0 Å². The van der Waals surface area contributed by atoms with Gasteiger partial charge in [0.05, 0.1) is 25.7 Å². The van der Waals surface area contributed by atoms with Crippen molar-refractivity contribution in [3.63, 3.8) is 0 Å². The molecule has 1 heterocycles. The first kappa shape index (κ1) is 28.4. The summed E-state index contributed by atoms with van der Waals surface area (Å²) in [4.78, 5) is 21.8. The third-order valence-corrected chi connectivity index (χ3v) is 5.13. The average molecular weight is 425 g/mol. The first-order chi connectivity index (χ1) is 14.2. The van der Waals surface area contributed by atoms with Gasteiger partial charge in [-0.25, -0.2) is 0 Å². The molecule has 1 saturated heterocycles. The monoisotopic (exact) mass is 424 g/mol. The van der Waals surface area contributed by atoms with Gasteiger partial charge in [-0.3, -0.25) is 9.59 Å². The molecule has 5 heteroatoms. The number of hydrogen-bond acceptors (Lipinski definition) is 5. The molecule has 0 saturated carbocycles. The lowest BCUT2D eigenvalue weighted by atomic mass is 9.99. The van der Waals surface area contributed by atoms with Gasteiger partial charge in [0.25, 0.3) is 0 Å². The van der Waals surface area contributed by atoms with E-state index >= 15 is 0 Å². The van der Waals surface area contributed by atoms with E-state index in [0.29, 0.717) is 12.5 Å². The Morgan fingerprint density at radius 2 is 1.70 bits per heavy atom. The molecule has 0 aromatic rings. The second-order valence-corrected chi connectivity index (χ2v) is 8.48. The van der Waals surface area contributed by atoms with Crippen molar-refractivity contribution in [2.75, 3.05) is 7.11 Å². The molecular formula is C25H44O5. The van der Waals surface area contributed by atoms with E-state index in [-0.39, 0.29) is 18.0 Å². The second-order valence-electron chi connectivity index (χ2n) is 8.48. The van der Waals surface area contributed by atoms with Crippen LogP contribution in [0.5, 0.6) is 0 Å². The van der Waals surface area contributed by atoms with E-state index in [1.807, 2.05) is 6.92 Å². The number of allylic oxidation sites excluding steroid dienone is 2. The standard InChI is InChI=1S/C13H24O3.C12H20O2/c1-3-4-5-6-7-8-9-11-12(16-11)10-13(14)15-2;1-6-12(5,14-11(4)13)9-7-8-10(2)3/h11-12H,3-10H2,1-2H3;6,8H,1,7,9H2,2-5H3. The zero-order valence-electron chi connectivity index (χ0n) is 20.1. The Bertz CT molecular complexity index is 536. The Kier molecular flexibility index (Phi) is 15.2. The van der Waals surface area contributed by atoms with Crippen molar-refractivity contribution in [1.82, 2.24) is 0 Å². The summed E-state index contributed by atoms with van der Waals surface area (Å²) in [6.07, 6.45) is 15.4. The number of esters is 2. The number of carbonyl (C=O) groups excluding carboxylic acids is 2. The summed E-state index contributed by atoms with van der Waals surface area (Å²) < 4.78 is 15.2. The largest absolute Gasteiger partial charge is 0.469 e. The van der Waals surface area contributed by atoms with Crippen LogP contribution in [0, 0.1) is 0 Å². The fourth-order valence-corrected chi connectivity index (χ4v) is 3.16. The molecule has 0 amide bonds. The molecule has 0 aliphatic carbocycles. The van der Waals surface area contributed by atoms with Crippen molar-refractivity contribution in [3.05, 3.63) is 24.3 Å². The Labute approximate surface area is 184 Å². The lowest BCUT2D eigenvalue weighted by Gasteiger charge is -2.24. The van der Waals surface area contributed by atoms with Gasteiger partial charge in [-0.1, -0.05) is 63.7 Å². The summed E-state index contributed by atoms with van der Waals surface area (Å²) in [5.41, 5.74) is 0.747. The Hall–Kier alpha value is -1.62. The smallest absolute Gasteiger partial charge is 0.308 e. The molecule has 0 radical (unpaired) electrons. The van der Waals surface area contributed by atoms with Gasteiger partial charge < -0.3 is 14.2 Å². The lowest BCUT2D eigenvalue weighted by molar-refractivity contribution is -0.151. The van der Waals surface area contributed by atoms with Crippen LogP contribution in [0.1, 0.15) is 98.8 Å². The molecule has 0 bridgehead atoms. The van der Waals surface area contributed by atoms with E-state index < -0.39 is 5.60 Å². The van der Waals surface area contributed by atoms with Gasteiger partial charge in [-0.05, 0) is 46.1 Å². The van der Waals surface area contributed by atoms with Gasteiger partial charge in [0.1, 0.15) is 5.60 Å². The summed E-state index contributed by atoms with van der Waals surface area (Å²) in [5, 5.41) is 0. The zero-order chi connectivity index (χ0) is 23.0. The van der Waals surface area contributed by atoms with Crippen molar-refractivity contribution in [2.45, 2.75) is 117 Å². The predicted molar refractivity (Wildman–Crippen MR) is 122 cm³/mol. The summed E-state index contributed by atoms with van der Waals surface area (Å²) in [5.74, 6) is -0.417. The second kappa shape index (κ2) is 16.1. The maximum Gasteiger partial charge on any atom is 0.308 e. The molecule has 3 unspecified atom stereocenters. The van der Waals surface area contributed by atoms with E-state index in [0.717, 1.165) is 19.3 Å². The van der Waals surface area contributed by atoms with Crippen molar-refractivity contribution < 1.29 is 23.8 Å². The SMILES string of the molecule is C=CC(C)(CCC=C(C)C)OC(C)=O.CCCCCCCCC1OC1CC(=O)OC. The van der Waals surface area contributed by atoms with Crippen molar-refractivity contribution >= 4 is 11.9 Å². The minimum atomic E-state index is -0.530. The van der Waals surface area contributed by atoms with Gasteiger partial charge in [-0.2, -0.15) is 0 Å². The minimum absolute atomic E-state index is 0.142. The molecule has 0 aromatic carbocycles. The molecule has 0 aromatic heterocycles. The molecule has 1 aliphatic heterocycles. The Balaban J connectivity index is 0.000000567. The first-order valence-electron chi connectivity index (χ1n) is 11.4. The van der Waals surface area contributed by atoms with Crippen LogP contribution in [0.2, 0.25) is 0 Å². The molecule has 3 atom stereocenters. The van der Waals surface area contributed by atoms with Crippen molar-refractivity contribution in [2.24, 2.45) is 0 Å². The average Bonchev–Trinajstić information content (AvgIpc) is 3.41. The molecule has 1 rings (SSSR count). The highest BCUT2D eigenvalue weighted by molar-refractivity contribution is 5.70. The number of rotatable bonds is 14. The van der Waals surface area contributed by atoms with Crippen molar-refractivity contribution in [1.29, 1.82) is 0 Å². The number of carbonyl (C=O) groups is 2. The van der Waals surface area contributed by atoms with Gasteiger partial charge in [-0.15, -0.1) is 0 Å². The molecule has 1 aliphatic rings.